The first-order chi connectivity index (χ1) is 12.9. The van der Waals surface area contributed by atoms with Crippen LogP contribution in [0, 0.1) is 0 Å². The normalized spacial score (nSPS) is 18.3. The molecule has 1 fully saturated rings. The van der Waals surface area contributed by atoms with Gasteiger partial charge in [-0.25, -0.2) is 12.7 Å². The Bertz CT molecular complexity index is 734. The maximum atomic E-state index is 12.0. The largest absolute Gasteiger partial charge is 0.375 e. The van der Waals surface area contributed by atoms with Crippen molar-refractivity contribution in [2.24, 2.45) is 4.99 Å². The number of halogens is 1. The van der Waals surface area contributed by atoms with Crippen molar-refractivity contribution in [2.45, 2.75) is 31.9 Å². The Hall–Kier alpha value is -1.35. The van der Waals surface area contributed by atoms with E-state index in [4.69, 9.17) is 16.3 Å². The number of methoxy groups -OCH3 is 1. The summed E-state index contributed by atoms with van der Waals surface area (Å²) in [5.41, 5.74) is 0.992. The molecule has 0 aromatic heterocycles. The maximum absolute atomic E-state index is 12.0. The third-order valence-electron chi connectivity index (χ3n) is 4.74. The average molecular weight is 417 g/mol. The summed E-state index contributed by atoms with van der Waals surface area (Å²) in [4.78, 5) is 4.26. The van der Waals surface area contributed by atoms with Crippen LogP contribution >= 0.6 is 11.6 Å². The molecule has 1 aromatic rings. The molecule has 1 aliphatic rings. The minimum Gasteiger partial charge on any atom is -0.375 e. The Labute approximate surface area is 167 Å². The molecule has 1 saturated heterocycles. The van der Waals surface area contributed by atoms with Crippen molar-refractivity contribution < 1.29 is 13.2 Å². The van der Waals surface area contributed by atoms with Crippen LogP contribution in [0.1, 0.15) is 31.4 Å². The molecule has 27 heavy (non-hydrogen) atoms. The van der Waals surface area contributed by atoms with Crippen LogP contribution in [0.2, 0.25) is 5.02 Å². The molecule has 0 spiro atoms. The van der Waals surface area contributed by atoms with E-state index in [-0.39, 0.29) is 17.9 Å². The van der Waals surface area contributed by atoms with Gasteiger partial charge < -0.3 is 15.4 Å². The standard InChI is InChI=1S/C18H29ClN4O3S/c1-4-27(24,25)23-10-8-16(9-11-23)22-18(20-2)21-13-17(26-3)14-6-5-7-15(19)12-14/h5-7,12,16-17H,4,8-11,13H2,1-3H3,(H2,20,21,22). The van der Waals surface area contributed by atoms with Crippen LogP contribution in [0.5, 0.6) is 0 Å². The second-order valence-corrected chi connectivity index (χ2v) is 9.14. The molecule has 152 valence electrons. The quantitative estimate of drug-likeness (QED) is 0.524. The van der Waals surface area contributed by atoms with Crippen molar-refractivity contribution >= 4 is 27.6 Å². The van der Waals surface area contributed by atoms with E-state index in [0.717, 1.165) is 18.4 Å². The average Bonchev–Trinajstić information content (AvgIpc) is 2.68. The predicted octanol–water partition coefficient (Wildman–Crippen LogP) is 2.01. The van der Waals surface area contributed by atoms with Crippen LogP contribution in [0.15, 0.2) is 29.3 Å². The summed E-state index contributed by atoms with van der Waals surface area (Å²) in [6.07, 6.45) is 1.35. The fraction of sp³-hybridized carbons (Fsp3) is 0.611. The molecule has 0 amide bonds. The summed E-state index contributed by atoms with van der Waals surface area (Å²) in [6, 6.07) is 7.78. The third kappa shape index (κ3) is 6.34. The molecule has 1 aromatic carbocycles. The van der Waals surface area contributed by atoms with E-state index in [2.05, 4.69) is 15.6 Å². The molecule has 0 aliphatic carbocycles. The highest BCUT2D eigenvalue weighted by molar-refractivity contribution is 7.89. The Balaban J connectivity index is 1.86. The molecule has 9 heteroatoms. The molecule has 7 nitrogen and oxygen atoms in total. The van der Waals surface area contributed by atoms with Crippen molar-refractivity contribution in [1.29, 1.82) is 0 Å². The molecule has 0 bridgehead atoms. The molecular formula is C18H29ClN4O3S. The number of aliphatic imine (C=N–C) groups is 1. The van der Waals surface area contributed by atoms with Gasteiger partial charge in [0.05, 0.1) is 11.9 Å². The fourth-order valence-corrected chi connectivity index (χ4v) is 4.41. The van der Waals surface area contributed by atoms with E-state index in [1.165, 1.54) is 0 Å². The molecular weight excluding hydrogens is 388 g/mol. The summed E-state index contributed by atoms with van der Waals surface area (Å²) in [5.74, 6) is 0.826. The second kappa shape index (κ2) is 10.3. The number of ether oxygens (including phenoxy) is 1. The highest BCUT2D eigenvalue weighted by Crippen LogP contribution is 2.20. The van der Waals surface area contributed by atoms with E-state index < -0.39 is 10.0 Å². The Morgan fingerprint density at radius 1 is 1.41 bits per heavy atom. The molecule has 1 aliphatic heterocycles. The van der Waals surface area contributed by atoms with Gasteiger partial charge in [-0.1, -0.05) is 23.7 Å². The van der Waals surface area contributed by atoms with Crippen LogP contribution in [-0.2, 0) is 14.8 Å². The van der Waals surface area contributed by atoms with Crippen LogP contribution in [0.25, 0.3) is 0 Å². The monoisotopic (exact) mass is 416 g/mol. The third-order valence-corrected chi connectivity index (χ3v) is 6.85. The van der Waals surface area contributed by atoms with Gasteiger partial charge in [0.25, 0.3) is 0 Å². The maximum Gasteiger partial charge on any atom is 0.213 e. The predicted molar refractivity (Wildman–Crippen MR) is 110 cm³/mol. The van der Waals surface area contributed by atoms with Gasteiger partial charge in [0, 0.05) is 44.9 Å². The first kappa shape index (κ1) is 21.9. The van der Waals surface area contributed by atoms with E-state index >= 15 is 0 Å². The van der Waals surface area contributed by atoms with Gasteiger partial charge >= 0.3 is 0 Å². The van der Waals surface area contributed by atoms with Crippen LogP contribution in [0.3, 0.4) is 0 Å². The summed E-state index contributed by atoms with van der Waals surface area (Å²) in [5, 5.41) is 7.32. The minimum absolute atomic E-state index is 0.149. The van der Waals surface area contributed by atoms with Crippen LogP contribution in [0.4, 0.5) is 0 Å². The smallest absolute Gasteiger partial charge is 0.213 e. The van der Waals surface area contributed by atoms with E-state index in [9.17, 15) is 8.42 Å². The van der Waals surface area contributed by atoms with Gasteiger partial charge in [0.1, 0.15) is 0 Å². The van der Waals surface area contributed by atoms with Crippen molar-refractivity contribution in [2.75, 3.05) is 39.5 Å². The minimum atomic E-state index is -3.11. The topological polar surface area (TPSA) is 83.0 Å². The van der Waals surface area contributed by atoms with E-state index in [1.807, 2.05) is 24.3 Å². The lowest BCUT2D eigenvalue weighted by Gasteiger charge is -2.32. The Kier molecular flexibility index (Phi) is 8.34. The fourth-order valence-electron chi connectivity index (χ4n) is 3.08. The molecule has 1 heterocycles. The SMILES string of the molecule is CCS(=O)(=O)N1CCC(NC(=NC)NCC(OC)c2cccc(Cl)c2)CC1. The number of rotatable bonds is 7. The number of nitrogens with one attached hydrogen (secondary N) is 2. The van der Waals surface area contributed by atoms with Crippen LogP contribution in [-0.4, -0.2) is 64.3 Å². The number of guanidine groups is 1. The number of benzene rings is 1. The Morgan fingerprint density at radius 3 is 2.67 bits per heavy atom. The summed E-state index contributed by atoms with van der Waals surface area (Å²) < 4.78 is 31.0. The van der Waals surface area contributed by atoms with Gasteiger partial charge in [-0.2, -0.15) is 0 Å². The van der Waals surface area contributed by atoms with Crippen molar-refractivity contribution in [3.63, 3.8) is 0 Å². The van der Waals surface area contributed by atoms with Crippen molar-refractivity contribution in [3.05, 3.63) is 34.9 Å². The van der Waals surface area contributed by atoms with E-state index in [1.54, 1.807) is 25.4 Å². The zero-order valence-electron chi connectivity index (χ0n) is 16.1. The van der Waals surface area contributed by atoms with Gasteiger partial charge in [0.15, 0.2) is 5.96 Å². The van der Waals surface area contributed by atoms with Crippen LogP contribution < -0.4 is 10.6 Å². The zero-order chi connectivity index (χ0) is 19.9. The molecule has 0 saturated carbocycles. The summed E-state index contributed by atoms with van der Waals surface area (Å²) in [7, 11) is 0.270. The number of piperidine rings is 1. The number of hydrogen-bond donors (Lipinski definition) is 2. The number of hydrogen-bond acceptors (Lipinski definition) is 4. The van der Waals surface area contributed by atoms with Gasteiger partial charge in [-0.05, 0) is 37.5 Å². The zero-order valence-corrected chi connectivity index (χ0v) is 17.7. The summed E-state index contributed by atoms with van der Waals surface area (Å²) in [6.45, 7) is 3.29. The van der Waals surface area contributed by atoms with E-state index in [0.29, 0.717) is 30.6 Å². The lowest BCUT2D eigenvalue weighted by atomic mass is 10.1. The second-order valence-electron chi connectivity index (χ2n) is 6.45. The highest BCUT2D eigenvalue weighted by Gasteiger charge is 2.27. The summed E-state index contributed by atoms with van der Waals surface area (Å²) >= 11 is 6.06. The van der Waals surface area contributed by atoms with Gasteiger partial charge in [-0.3, -0.25) is 4.99 Å². The Morgan fingerprint density at radius 2 is 2.11 bits per heavy atom. The number of sulfonamides is 1. The first-order valence-electron chi connectivity index (χ1n) is 9.12. The molecule has 1 unspecified atom stereocenters. The molecule has 2 rings (SSSR count). The molecule has 1 atom stereocenters. The molecule has 0 radical (unpaired) electrons. The molecule has 2 N–H and O–H groups in total. The highest BCUT2D eigenvalue weighted by atomic mass is 35.5. The van der Waals surface area contributed by atoms with Gasteiger partial charge in [0.2, 0.25) is 10.0 Å². The number of nitrogens with zero attached hydrogens (tertiary/aromatic N) is 2. The first-order valence-corrected chi connectivity index (χ1v) is 11.1. The van der Waals surface area contributed by atoms with Gasteiger partial charge in [-0.15, -0.1) is 0 Å². The van der Waals surface area contributed by atoms with Crippen molar-refractivity contribution in [1.82, 2.24) is 14.9 Å². The lowest BCUT2D eigenvalue weighted by Crippen LogP contribution is -2.50. The van der Waals surface area contributed by atoms with Crippen molar-refractivity contribution in [3.8, 4) is 0 Å². The lowest BCUT2D eigenvalue weighted by molar-refractivity contribution is 0.106.